The van der Waals surface area contributed by atoms with E-state index in [0.717, 1.165) is 11.4 Å². The number of hydrogen-bond donors (Lipinski definition) is 1. The van der Waals surface area contributed by atoms with Gasteiger partial charge in [-0.25, -0.2) is 0 Å². The van der Waals surface area contributed by atoms with Gasteiger partial charge < -0.3 is 10.1 Å². The van der Waals surface area contributed by atoms with Crippen LogP contribution < -0.4 is 10.1 Å². The molecule has 0 aliphatic carbocycles. The molecular weight excluding hydrogens is 238 g/mol. The van der Waals surface area contributed by atoms with Crippen LogP contribution in [0.4, 0.5) is 0 Å². The molecular formula is C15H21N3O. The van der Waals surface area contributed by atoms with Crippen molar-refractivity contribution in [3.05, 3.63) is 47.3 Å². The molecule has 0 spiro atoms. The summed E-state index contributed by atoms with van der Waals surface area (Å²) >= 11 is 0. The fraction of sp³-hybridized carbons (Fsp3) is 0.400. The molecule has 0 fully saturated rings. The highest BCUT2D eigenvalue weighted by molar-refractivity contribution is 5.37. The van der Waals surface area contributed by atoms with Gasteiger partial charge in [0.2, 0.25) is 0 Å². The van der Waals surface area contributed by atoms with Crippen molar-refractivity contribution in [2.24, 2.45) is 7.05 Å². The van der Waals surface area contributed by atoms with Crippen molar-refractivity contribution >= 4 is 0 Å². The smallest absolute Gasteiger partial charge is 0.119 e. The Kier molecular flexibility index (Phi) is 4.22. The number of hydrogen-bond acceptors (Lipinski definition) is 3. The van der Waals surface area contributed by atoms with Crippen molar-refractivity contribution in [1.29, 1.82) is 0 Å². The van der Waals surface area contributed by atoms with E-state index in [1.54, 1.807) is 0 Å². The molecule has 2 rings (SSSR count). The van der Waals surface area contributed by atoms with Gasteiger partial charge in [-0.2, -0.15) is 5.10 Å². The second-order valence-corrected chi connectivity index (χ2v) is 4.57. The molecule has 0 aliphatic rings. The highest BCUT2D eigenvalue weighted by atomic mass is 16.5. The molecule has 1 aromatic carbocycles. The predicted molar refractivity (Wildman–Crippen MR) is 76.5 cm³/mol. The van der Waals surface area contributed by atoms with Crippen molar-refractivity contribution in [1.82, 2.24) is 15.1 Å². The van der Waals surface area contributed by atoms with Gasteiger partial charge in [-0.05, 0) is 38.6 Å². The molecule has 4 heteroatoms. The van der Waals surface area contributed by atoms with Crippen molar-refractivity contribution < 1.29 is 4.74 Å². The van der Waals surface area contributed by atoms with Crippen LogP contribution in [0.2, 0.25) is 0 Å². The number of nitrogens with one attached hydrogen (secondary N) is 1. The lowest BCUT2D eigenvalue weighted by molar-refractivity contribution is 0.339. The van der Waals surface area contributed by atoms with Crippen LogP contribution in [-0.4, -0.2) is 23.4 Å². The number of benzene rings is 1. The Morgan fingerprint density at radius 1 is 1.42 bits per heavy atom. The number of nitrogens with zero attached hydrogens (tertiary/aromatic N) is 2. The molecule has 0 saturated heterocycles. The standard InChI is InChI=1S/C15H21N3O/c1-5-19-13-8-6-7-12(9-13)15(16-3)14-10-18(4)17-11(14)2/h6-10,15-16H,5H2,1-4H3. The first-order valence-corrected chi connectivity index (χ1v) is 6.55. The molecule has 0 amide bonds. The molecule has 0 aliphatic heterocycles. The topological polar surface area (TPSA) is 39.1 Å². The first-order valence-electron chi connectivity index (χ1n) is 6.55. The van der Waals surface area contributed by atoms with Crippen molar-refractivity contribution in [2.75, 3.05) is 13.7 Å². The van der Waals surface area contributed by atoms with E-state index in [4.69, 9.17) is 4.74 Å². The largest absolute Gasteiger partial charge is 0.494 e. The zero-order valence-corrected chi connectivity index (χ0v) is 12.0. The Morgan fingerprint density at radius 2 is 2.21 bits per heavy atom. The minimum absolute atomic E-state index is 0.133. The molecule has 19 heavy (non-hydrogen) atoms. The fourth-order valence-corrected chi connectivity index (χ4v) is 2.35. The zero-order valence-electron chi connectivity index (χ0n) is 12.0. The van der Waals surface area contributed by atoms with Gasteiger partial charge in [0, 0.05) is 18.8 Å². The minimum Gasteiger partial charge on any atom is -0.494 e. The van der Waals surface area contributed by atoms with E-state index in [1.807, 2.05) is 44.8 Å². The second-order valence-electron chi connectivity index (χ2n) is 4.57. The summed E-state index contributed by atoms with van der Waals surface area (Å²) in [7, 11) is 3.91. The molecule has 0 bridgehead atoms. The van der Waals surface area contributed by atoms with Crippen LogP contribution >= 0.6 is 0 Å². The average molecular weight is 259 g/mol. The van der Waals surface area contributed by atoms with Crippen LogP contribution in [0.3, 0.4) is 0 Å². The maximum Gasteiger partial charge on any atom is 0.119 e. The van der Waals surface area contributed by atoms with E-state index >= 15 is 0 Å². The van der Waals surface area contributed by atoms with Gasteiger partial charge in [0.25, 0.3) is 0 Å². The summed E-state index contributed by atoms with van der Waals surface area (Å²) < 4.78 is 7.41. The molecule has 4 nitrogen and oxygen atoms in total. The fourth-order valence-electron chi connectivity index (χ4n) is 2.35. The van der Waals surface area contributed by atoms with Crippen molar-refractivity contribution in [3.8, 4) is 5.75 Å². The van der Waals surface area contributed by atoms with Crippen LogP contribution in [0.1, 0.15) is 29.8 Å². The third-order valence-electron chi connectivity index (χ3n) is 3.15. The molecule has 0 radical (unpaired) electrons. The number of aryl methyl sites for hydroxylation is 2. The average Bonchev–Trinajstić information content (AvgIpc) is 2.71. The predicted octanol–water partition coefficient (Wildman–Crippen LogP) is 2.44. The minimum atomic E-state index is 0.133. The Bertz CT molecular complexity index is 548. The van der Waals surface area contributed by atoms with Crippen LogP contribution in [0.15, 0.2) is 30.5 Å². The molecule has 1 unspecified atom stereocenters. The first-order chi connectivity index (χ1) is 9.15. The summed E-state index contributed by atoms with van der Waals surface area (Å²) in [5, 5.41) is 7.76. The maximum absolute atomic E-state index is 5.56. The van der Waals surface area contributed by atoms with Gasteiger partial charge >= 0.3 is 0 Å². The summed E-state index contributed by atoms with van der Waals surface area (Å²) in [5.41, 5.74) is 3.42. The van der Waals surface area contributed by atoms with Gasteiger partial charge in [0.1, 0.15) is 5.75 Å². The van der Waals surface area contributed by atoms with E-state index in [1.165, 1.54) is 11.1 Å². The Morgan fingerprint density at radius 3 is 2.79 bits per heavy atom. The molecule has 0 saturated carbocycles. The molecule has 1 atom stereocenters. The Labute approximate surface area is 114 Å². The lowest BCUT2D eigenvalue weighted by atomic mass is 9.99. The monoisotopic (exact) mass is 259 g/mol. The normalized spacial score (nSPS) is 12.4. The van der Waals surface area contributed by atoms with E-state index in [9.17, 15) is 0 Å². The highest BCUT2D eigenvalue weighted by Crippen LogP contribution is 2.26. The van der Waals surface area contributed by atoms with Crippen LogP contribution in [-0.2, 0) is 7.05 Å². The lowest BCUT2D eigenvalue weighted by Crippen LogP contribution is -2.18. The molecule has 1 heterocycles. The van der Waals surface area contributed by atoms with Crippen molar-refractivity contribution in [2.45, 2.75) is 19.9 Å². The van der Waals surface area contributed by atoms with Gasteiger partial charge in [-0.15, -0.1) is 0 Å². The van der Waals surface area contributed by atoms with E-state index in [-0.39, 0.29) is 6.04 Å². The lowest BCUT2D eigenvalue weighted by Gasteiger charge is -2.17. The first kappa shape index (κ1) is 13.6. The molecule has 2 aromatic rings. The maximum atomic E-state index is 5.56. The summed E-state index contributed by atoms with van der Waals surface area (Å²) in [4.78, 5) is 0. The summed E-state index contributed by atoms with van der Waals surface area (Å²) in [6.07, 6.45) is 2.06. The highest BCUT2D eigenvalue weighted by Gasteiger charge is 2.17. The van der Waals surface area contributed by atoms with Gasteiger partial charge in [-0.1, -0.05) is 12.1 Å². The quantitative estimate of drug-likeness (QED) is 0.896. The molecule has 1 N–H and O–H groups in total. The summed E-state index contributed by atoms with van der Waals surface area (Å²) in [5.74, 6) is 0.904. The number of ether oxygens (including phenoxy) is 1. The third-order valence-corrected chi connectivity index (χ3v) is 3.15. The molecule has 1 aromatic heterocycles. The molecule has 102 valence electrons. The van der Waals surface area contributed by atoms with E-state index in [2.05, 4.69) is 28.7 Å². The second kappa shape index (κ2) is 5.89. The zero-order chi connectivity index (χ0) is 13.8. The summed E-state index contributed by atoms with van der Waals surface area (Å²) in [6.45, 7) is 4.71. The number of aromatic nitrogens is 2. The van der Waals surface area contributed by atoms with Crippen LogP contribution in [0, 0.1) is 6.92 Å². The van der Waals surface area contributed by atoms with E-state index < -0.39 is 0 Å². The SMILES string of the molecule is CCOc1cccc(C(NC)c2cn(C)nc2C)c1. The Balaban J connectivity index is 2.36. The third kappa shape index (κ3) is 2.96. The van der Waals surface area contributed by atoms with Crippen LogP contribution in [0.25, 0.3) is 0 Å². The summed E-state index contributed by atoms with van der Waals surface area (Å²) in [6, 6.07) is 8.33. The number of rotatable bonds is 5. The van der Waals surface area contributed by atoms with Gasteiger partial charge in [0.05, 0.1) is 18.3 Å². The van der Waals surface area contributed by atoms with Crippen molar-refractivity contribution in [3.63, 3.8) is 0 Å². The van der Waals surface area contributed by atoms with Gasteiger partial charge in [-0.3, -0.25) is 4.68 Å². The van der Waals surface area contributed by atoms with E-state index in [0.29, 0.717) is 6.61 Å². The van der Waals surface area contributed by atoms with Gasteiger partial charge in [0.15, 0.2) is 0 Å². The Hall–Kier alpha value is -1.81. The van der Waals surface area contributed by atoms with Crippen LogP contribution in [0.5, 0.6) is 5.75 Å².